The summed E-state index contributed by atoms with van der Waals surface area (Å²) < 4.78 is 10.9. The molecule has 2 rings (SSSR count). The van der Waals surface area contributed by atoms with Gasteiger partial charge in [0.2, 0.25) is 0 Å². The van der Waals surface area contributed by atoms with E-state index in [-0.39, 0.29) is 5.50 Å². The van der Waals surface area contributed by atoms with E-state index < -0.39 is 0 Å². The molecule has 4 nitrogen and oxygen atoms in total. The first-order chi connectivity index (χ1) is 11.2. The van der Waals surface area contributed by atoms with Crippen LogP contribution in [0.2, 0.25) is 0 Å². The summed E-state index contributed by atoms with van der Waals surface area (Å²) in [4.78, 5) is 0. The second kappa shape index (κ2) is 9.20. The molecule has 124 valence electrons. The molecule has 0 saturated carbocycles. The fourth-order valence-corrected chi connectivity index (χ4v) is 2.59. The van der Waals surface area contributed by atoms with Crippen LogP contribution >= 0.6 is 11.8 Å². The molecule has 0 amide bonds. The first kappa shape index (κ1) is 17.3. The number of thioether (sulfide) groups is 1. The van der Waals surface area contributed by atoms with Gasteiger partial charge in [-0.1, -0.05) is 0 Å². The Labute approximate surface area is 142 Å². The maximum absolute atomic E-state index is 5.46. The molecule has 0 radical (unpaired) electrons. The highest BCUT2D eigenvalue weighted by Gasteiger charge is 2.07. The molecule has 0 atom stereocenters. The zero-order valence-corrected chi connectivity index (χ0v) is 14.7. The van der Waals surface area contributed by atoms with Crippen molar-refractivity contribution in [3.05, 3.63) is 48.5 Å². The van der Waals surface area contributed by atoms with E-state index in [2.05, 4.69) is 16.9 Å². The van der Waals surface area contributed by atoms with Crippen molar-refractivity contribution in [3.8, 4) is 11.5 Å². The average Bonchev–Trinajstić information content (AvgIpc) is 2.58. The van der Waals surface area contributed by atoms with Gasteiger partial charge < -0.3 is 20.1 Å². The molecular weight excluding hydrogens is 308 g/mol. The van der Waals surface area contributed by atoms with E-state index in [4.69, 9.17) is 9.47 Å². The molecule has 5 heteroatoms. The normalized spacial score (nSPS) is 10.4. The minimum atomic E-state index is 0.0749. The van der Waals surface area contributed by atoms with Crippen LogP contribution in [0, 0.1) is 0 Å². The molecule has 0 fully saturated rings. The predicted octanol–water partition coefficient (Wildman–Crippen LogP) is 4.65. The summed E-state index contributed by atoms with van der Waals surface area (Å²) in [7, 11) is 0. The molecule has 0 spiro atoms. The molecule has 0 aromatic heterocycles. The van der Waals surface area contributed by atoms with Gasteiger partial charge in [0.05, 0.1) is 13.2 Å². The zero-order valence-electron chi connectivity index (χ0n) is 13.8. The van der Waals surface area contributed by atoms with Crippen molar-refractivity contribution < 1.29 is 9.47 Å². The minimum absolute atomic E-state index is 0.0749. The Kier molecular flexibility index (Phi) is 6.94. The van der Waals surface area contributed by atoms with Gasteiger partial charge in [-0.3, -0.25) is 0 Å². The Morgan fingerprint density at radius 2 is 1.17 bits per heavy atom. The van der Waals surface area contributed by atoms with Crippen molar-refractivity contribution in [1.82, 2.24) is 0 Å². The number of nitrogens with one attached hydrogen (secondary N) is 2. The highest BCUT2D eigenvalue weighted by atomic mass is 32.2. The molecule has 2 aromatic rings. The third kappa shape index (κ3) is 5.60. The van der Waals surface area contributed by atoms with Gasteiger partial charge in [-0.25, -0.2) is 0 Å². The third-order valence-corrected chi connectivity index (χ3v) is 3.87. The topological polar surface area (TPSA) is 42.5 Å². The molecule has 0 aliphatic heterocycles. The van der Waals surface area contributed by atoms with Crippen LogP contribution < -0.4 is 20.1 Å². The molecule has 0 aliphatic carbocycles. The lowest BCUT2D eigenvalue weighted by atomic mass is 10.3. The summed E-state index contributed by atoms with van der Waals surface area (Å²) in [5.41, 5.74) is 2.17. The SMILES string of the molecule is CCOc1ccc(NC(Nc2ccc(OCC)cc2)SC)cc1. The van der Waals surface area contributed by atoms with E-state index in [0.717, 1.165) is 22.9 Å². The van der Waals surface area contributed by atoms with Crippen LogP contribution in [0.3, 0.4) is 0 Å². The smallest absolute Gasteiger partial charge is 0.145 e. The fourth-order valence-electron chi connectivity index (χ4n) is 2.08. The van der Waals surface area contributed by atoms with Crippen LogP contribution in [-0.2, 0) is 0 Å². The summed E-state index contributed by atoms with van der Waals surface area (Å²) in [6, 6.07) is 16.0. The zero-order chi connectivity index (χ0) is 16.5. The highest BCUT2D eigenvalue weighted by molar-refractivity contribution is 7.99. The van der Waals surface area contributed by atoms with Crippen LogP contribution in [0.15, 0.2) is 48.5 Å². The monoisotopic (exact) mass is 332 g/mol. The van der Waals surface area contributed by atoms with Crippen molar-refractivity contribution in [2.75, 3.05) is 30.1 Å². The first-order valence-electron chi connectivity index (χ1n) is 7.76. The summed E-state index contributed by atoms with van der Waals surface area (Å²) >= 11 is 1.70. The lowest BCUT2D eigenvalue weighted by Crippen LogP contribution is -2.24. The largest absolute Gasteiger partial charge is 0.494 e. The summed E-state index contributed by atoms with van der Waals surface area (Å²) in [5, 5.41) is 6.90. The van der Waals surface area contributed by atoms with Crippen molar-refractivity contribution in [3.63, 3.8) is 0 Å². The highest BCUT2D eigenvalue weighted by Crippen LogP contribution is 2.21. The van der Waals surface area contributed by atoms with Gasteiger partial charge in [-0.15, -0.1) is 11.8 Å². The number of rotatable bonds is 9. The molecule has 0 bridgehead atoms. The Morgan fingerprint density at radius 1 is 0.783 bits per heavy atom. The standard InChI is InChI=1S/C18H24N2O2S/c1-4-21-16-10-6-14(7-11-16)19-18(23-3)20-15-8-12-17(13-9-15)22-5-2/h6-13,18-20H,4-5H2,1-3H3. The lowest BCUT2D eigenvalue weighted by Gasteiger charge is -2.20. The molecule has 0 unspecified atom stereocenters. The molecule has 2 aromatic carbocycles. The van der Waals surface area contributed by atoms with E-state index in [9.17, 15) is 0 Å². The molecule has 0 aliphatic rings. The fraction of sp³-hybridized carbons (Fsp3) is 0.333. The van der Waals surface area contributed by atoms with E-state index in [1.165, 1.54) is 0 Å². The van der Waals surface area contributed by atoms with Gasteiger partial charge in [0.15, 0.2) is 0 Å². The van der Waals surface area contributed by atoms with Gasteiger partial charge in [0.1, 0.15) is 17.0 Å². The lowest BCUT2D eigenvalue weighted by molar-refractivity contribution is 0.340. The third-order valence-electron chi connectivity index (χ3n) is 3.16. The van der Waals surface area contributed by atoms with Crippen molar-refractivity contribution >= 4 is 23.1 Å². The van der Waals surface area contributed by atoms with Gasteiger partial charge in [0.25, 0.3) is 0 Å². The quantitative estimate of drug-likeness (QED) is 0.654. The molecule has 0 heterocycles. The van der Waals surface area contributed by atoms with Gasteiger partial charge >= 0.3 is 0 Å². The first-order valence-corrected chi connectivity index (χ1v) is 9.05. The molecule has 23 heavy (non-hydrogen) atoms. The van der Waals surface area contributed by atoms with Crippen LogP contribution in [0.4, 0.5) is 11.4 Å². The molecular formula is C18H24N2O2S. The van der Waals surface area contributed by atoms with E-state index in [1.807, 2.05) is 62.4 Å². The van der Waals surface area contributed by atoms with Gasteiger partial charge in [-0.05, 0) is 68.6 Å². The van der Waals surface area contributed by atoms with Crippen LogP contribution in [0.5, 0.6) is 11.5 Å². The Hall–Kier alpha value is -2.01. The minimum Gasteiger partial charge on any atom is -0.494 e. The Balaban J connectivity index is 1.93. The molecule has 2 N–H and O–H groups in total. The van der Waals surface area contributed by atoms with E-state index >= 15 is 0 Å². The van der Waals surface area contributed by atoms with Crippen molar-refractivity contribution in [1.29, 1.82) is 0 Å². The number of anilines is 2. The van der Waals surface area contributed by atoms with Crippen LogP contribution in [-0.4, -0.2) is 25.0 Å². The number of hydrogen-bond acceptors (Lipinski definition) is 5. The Bertz CT molecular complexity index is 521. The van der Waals surface area contributed by atoms with Gasteiger partial charge in [0, 0.05) is 11.4 Å². The molecule has 0 saturated heterocycles. The van der Waals surface area contributed by atoms with E-state index in [1.54, 1.807) is 11.8 Å². The summed E-state index contributed by atoms with van der Waals surface area (Å²) in [6.07, 6.45) is 2.06. The van der Waals surface area contributed by atoms with Crippen molar-refractivity contribution in [2.24, 2.45) is 0 Å². The van der Waals surface area contributed by atoms with E-state index in [0.29, 0.717) is 13.2 Å². The average molecular weight is 332 g/mol. The predicted molar refractivity (Wildman–Crippen MR) is 99.8 cm³/mol. The Morgan fingerprint density at radius 3 is 1.48 bits per heavy atom. The second-order valence-corrected chi connectivity index (χ2v) is 5.76. The maximum atomic E-state index is 5.46. The summed E-state index contributed by atoms with van der Waals surface area (Å²) in [6.45, 7) is 5.33. The number of benzene rings is 2. The van der Waals surface area contributed by atoms with Gasteiger partial charge in [-0.2, -0.15) is 0 Å². The number of ether oxygens (including phenoxy) is 2. The van der Waals surface area contributed by atoms with Crippen LogP contribution in [0.25, 0.3) is 0 Å². The van der Waals surface area contributed by atoms with Crippen LogP contribution in [0.1, 0.15) is 13.8 Å². The summed E-state index contributed by atoms with van der Waals surface area (Å²) in [5.74, 6) is 1.77. The number of hydrogen-bond donors (Lipinski definition) is 2. The maximum Gasteiger partial charge on any atom is 0.145 e. The van der Waals surface area contributed by atoms with Crippen molar-refractivity contribution in [2.45, 2.75) is 19.3 Å². The second-order valence-electron chi connectivity index (χ2n) is 4.82.